The molecule has 110 valence electrons. The van der Waals surface area contributed by atoms with Crippen molar-refractivity contribution >= 4 is 17.2 Å². The second-order valence-electron chi connectivity index (χ2n) is 5.81. The van der Waals surface area contributed by atoms with E-state index in [2.05, 4.69) is 46.6 Å². The number of carbonyl (C=O) groups excluding carboxylic acids is 1. The van der Waals surface area contributed by atoms with Gasteiger partial charge in [0.05, 0.1) is 0 Å². The molecule has 1 saturated heterocycles. The van der Waals surface area contributed by atoms with Crippen LogP contribution in [0.15, 0.2) is 36.4 Å². The highest BCUT2D eigenvalue weighted by Crippen LogP contribution is 2.22. The third-order valence-electron chi connectivity index (χ3n) is 4.27. The summed E-state index contributed by atoms with van der Waals surface area (Å²) < 4.78 is 0. The number of amides is 1. The highest BCUT2D eigenvalue weighted by atomic mass is 16.1. The van der Waals surface area contributed by atoms with Crippen LogP contribution < -0.4 is 5.32 Å². The SMILES string of the molecule is O=CNCc1cccc2cc(CN3CCCCC3)ccc12. The molecular weight excluding hydrogens is 260 g/mol. The monoisotopic (exact) mass is 282 g/mol. The summed E-state index contributed by atoms with van der Waals surface area (Å²) in [6.45, 7) is 4.09. The Morgan fingerprint density at radius 2 is 1.95 bits per heavy atom. The Labute approximate surface area is 125 Å². The minimum absolute atomic E-state index is 0.590. The Morgan fingerprint density at radius 3 is 2.76 bits per heavy atom. The van der Waals surface area contributed by atoms with E-state index >= 15 is 0 Å². The number of carbonyl (C=O) groups is 1. The summed E-state index contributed by atoms with van der Waals surface area (Å²) in [4.78, 5) is 13.0. The molecule has 3 nitrogen and oxygen atoms in total. The minimum Gasteiger partial charge on any atom is -0.355 e. The average Bonchev–Trinajstić information content (AvgIpc) is 2.53. The van der Waals surface area contributed by atoms with E-state index in [0.29, 0.717) is 6.54 Å². The van der Waals surface area contributed by atoms with Crippen molar-refractivity contribution in [3.63, 3.8) is 0 Å². The van der Waals surface area contributed by atoms with Gasteiger partial charge >= 0.3 is 0 Å². The molecule has 1 fully saturated rings. The van der Waals surface area contributed by atoms with Gasteiger partial charge in [0.15, 0.2) is 0 Å². The fraction of sp³-hybridized carbons (Fsp3) is 0.389. The summed E-state index contributed by atoms with van der Waals surface area (Å²) in [6, 6.07) is 13.0. The summed E-state index contributed by atoms with van der Waals surface area (Å²) in [5, 5.41) is 5.24. The Bertz CT molecular complexity index is 618. The van der Waals surface area contributed by atoms with E-state index in [-0.39, 0.29) is 0 Å². The lowest BCUT2D eigenvalue weighted by molar-refractivity contribution is -0.109. The maximum atomic E-state index is 10.5. The molecule has 21 heavy (non-hydrogen) atoms. The summed E-state index contributed by atoms with van der Waals surface area (Å²) >= 11 is 0. The van der Waals surface area contributed by atoms with E-state index in [0.717, 1.165) is 13.0 Å². The minimum atomic E-state index is 0.590. The van der Waals surface area contributed by atoms with Gasteiger partial charge in [0.1, 0.15) is 0 Å². The van der Waals surface area contributed by atoms with Crippen molar-refractivity contribution in [3.05, 3.63) is 47.5 Å². The first-order valence-corrected chi connectivity index (χ1v) is 7.77. The third kappa shape index (κ3) is 3.42. The molecule has 0 aliphatic carbocycles. The predicted molar refractivity (Wildman–Crippen MR) is 86.0 cm³/mol. The highest BCUT2D eigenvalue weighted by Gasteiger charge is 2.10. The van der Waals surface area contributed by atoms with Crippen LogP contribution in [0.1, 0.15) is 30.4 Å². The smallest absolute Gasteiger partial charge is 0.207 e. The van der Waals surface area contributed by atoms with E-state index in [1.54, 1.807) is 0 Å². The molecule has 1 heterocycles. The molecule has 1 N–H and O–H groups in total. The largest absolute Gasteiger partial charge is 0.355 e. The molecule has 1 aliphatic heterocycles. The summed E-state index contributed by atoms with van der Waals surface area (Å²) in [6.07, 6.45) is 4.79. The maximum Gasteiger partial charge on any atom is 0.207 e. The topological polar surface area (TPSA) is 32.3 Å². The fourth-order valence-electron chi connectivity index (χ4n) is 3.18. The fourth-order valence-corrected chi connectivity index (χ4v) is 3.18. The van der Waals surface area contributed by atoms with E-state index < -0.39 is 0 Å². The number of piperidine rings is 1. The number of nitrogens with one attached hydrogen (secondary N) is 1. The lowest BCUT2D eigenvalue weighted by atomic mass is 10.0. The van der Waals surface area contributed by atoms with Crippen LogP contribution in [0.4, 0.5) is 0 Å². The van der Waals surface area contributed by atoms with Crippen molar-refractivity contribution in [1.29, 1.82) is 0 Å². The quantitative estimate of drug-likeness (QED) is 0.855. The molecule has 0 saturated carbocycles. The Hall–Kier alpha value is -1.87. The molecule has 3 rings (SSSR count). The lowest BCUT2D eigenvalue weighted by Crippen LogP contribution is -2.29. The van der Waals surface area contributed by atoms with Gasteiger partial charge in [-0.2, -0.15) is 0 Å². The number of fused-ring (bicyclic) bond motifs is 1. The van der Waals surface area contributed by atoms with Gasteiger partial charge in [-0.05, 0) is 53.9 Å². The van der Waals surface area contributed by atoms with Crippen LogP contribution in [0.3, 0.4) is 0 Å². The molecule has 3 heteroatoms. The van der Waals surface area contributed by atoms with Crippen LogP contribution in [0.5, 0.6) is 0 Å². The van der Waals surface area contributed by atoms with Crippen LogP contribution in [0, 0.1) is 0 Å². The average molecular weight is 282 g/mol. The Balaban J connectivity index is 1.81. The zero-order chi connectivity index (χ0) is 14.5. The van der Waals surface area contributed by atoms with Crippen molar-refractivity contribution in [3.8, 4) is 0 Å². The van der Waals surface area contributed by atoms with Crippen LogP contribution in [-0.2, 0) is 17.9 Å². The first-order valence-electron chi connectivity index (χ1n) is 7.77. The van der Waals surface area contributed by atoms with Crippen molar-refractivity contribution in [2.24, 2.45) is 0 Å². The van der Waals surface area contributed by atoms with E-state index in [4.69, 9.17) is 0 Å². The van der Waals surface area contributed by atoms with Gasteiger partial charge in [0, 0.05) is 13.1 Å². The first-order chi connectivity index (χ1) is 10.4. The standard InChI is InChI=1S/C18H22N2O/c21-14-19-12-17-6-4-5-16-11-15(7-8-18(16)17)13-20-9-2-1-3-10-20/h4-8,11,14H,1-3,9-10,12-13H2,(H,19,21). The second-order valence-corrected chi connectivity index (χ2v) is 5.81. The lowest BCUT2D eigenvalue weighted by Gasteiger charge is -2.26. The number of rotatable bonds is 5. The maximum absolute atomic E-state index is 10.5. The zero-order valence-electron chi connectivity index (χ0n) is 12.3. The molecule has 0 radical (unpaired) electrons. The van der Waals surface area contributed by atoms with Gasteiger partial charge < -0.3 is 5.32 Å². The summed E-state index contributed by atoms with van der Waals surface area (Å²) in [7, 11) is 0. The van der Waals surface area contributed by atoms with Gasteiger partial charge in [-0.25, -0.2) is 0 Å². The molecule has 0 bridgehead atoms. The van der Waals surface area contributed by atoms with Crippen molar-refractivity contribution in [2.45, 2.75) is 32.4 Å². The number of hydrogen-bond donors (Lipinski definition) is 1. The summed E-state index contributed by atoms with van der Waals surface area (Å²) in [5.74, 6) is 0. The van der Waals surface area contributed by atoms with E-state index in [1.165, 1.54) is 54.3 Å². The summed E-state index contributed by atoms with van der Waals surface area (Å²) in [5.41, 5.74) is 2.55. The van der Waals surface area contributed by atoms with E-state index in [9.17, 15) is 4.79 Å². The predicted octanol–water partition coefficient (Wildman–Crippen LogP) is 3.07. The molecule has 0 atom stereocenters. The third-order valence-corrected chi connectivity index (χ3v) is 4.27. The molecule has 0 spiro atoms. The van der Waals surface area contributed by atoms with Crippen molar-refractivity contribution in [2.75, 3.05) is 13.1 Å². The number of likely N-dealkylation sites (tertiary alicyclic amines) is 1. The van der Waals surface area contributed by atoms with Gasteiger partial charge in [0.25, 0.3) is 0 Å². The first kappa shape index (κ1) is 14.1. The van der Waals surface area contributed by atoms with Gasteiger partial charge in [-0.15, -0.1) is 0 Å². The second kappa shape index (κ2) is 6.72. The molecule has 0 aromatic heterocycles. The van der Waals surface area contributed by atoms with Gasteiger partial charge in [-0.1, -0.05) is 36.8 Å². The molecule has 2 aromatic carbocycles. The van der Waals surface area contributed by atoms with Crippen LogP contribution >= 0.6 is 0 Å². The van der Waals surface area contributed by atoms with Crippen molar-refractivity contribution < 1.29 is 4.79 Å². The van der Waals surface area contributed by atoms with Gasteiger partial charge in [0.2, 0.25) is 6.41 Å². The van der Waals surface area contributed by atoms with Crippen molar-refractivity contribution in [1.82, 2.24) is 10.2 Å². The number of benzene rings is 2. The molecule has 1 aliphatic rings. The number of hydrogen-bond acceptors (Lipinski definition) is 2. The van der Waals surface area contributed by atoms with Gasteiger partial charge in [-0.3, -0.25) is 9.69 Å². The molecule has 0 unspecified atom stereocenters. The van der Waals surface area contributed by atoms with Crippen LogP contribution in [-0.4, -0.2) is 24.4 Å². The Kier molecular flexibility index (Phi) is 4.51. The molecular formula is C18H22N2O. The highest BCUT2D eigenvalue weighted by molar-refractivity contribution is 5.86. The zero-order valence-corrected chi connectivity index (χ0v) is 12.3. The van der Waals surface area contributed by atoms with Crippen LogP contribution in [0.25, 0.3) is 10.8 Å². The Morgan fingerprint density at radius 1 is 1.10 bits per heavy atom. The number of nitrogens with zero attached hydrogens (tertiary/aromatic N) is 1. The molecule has 2 aromatic rings. The van der Waals surface area contributed by atoms with E-state index in [1.807, 2.05) is 0 Å². The molecule has 1 amide bonds. The van der Waals surface area contributed by atoms with Crippen LogP contribution in [0.2, 0.25) is 0 Å². The normalized spacial score (nSPS) is 16.0.